The molecular weight excluding hydrogens is 404 g/mol. The Morgan fingerprint density at radius 1 is 1.16 bits per heavy atom. The van der Waals surface area contributed by atoms with Crippen LogP contribution >= 0.6 is 0 Å². The van der Waals surface area contributed by atoms with Crippen molar-refractivity contribution >= 4 is 17.5 Å². The van der Waals surface area contributed by atoms with Crippen LogP contribution in [0.1, 0.15) is 29.4 Å². The van der Waals surface area contributed by atoms with E-state index in [0.717, 1.165) is 16.8 Å². The molecular formula is C25H28N4O3. The number of rotatable bonds is 7. The molecule has 4 rings (SSSR count). The lowest BCUT2D eigenvalue weighted by atomic mass is 9.93. The van der Waals surface area contributed by atoms with Crippen LogP contribution in [0.3, 0.4) is 0 Å². The Morgan fingerprint density at radius 3 is 2.59 bits per heavy atom. The minimum Gasteiger partial charge on any atom is -0.385 e. The largest absolute Gasteiger partial charge is 0.385 e. The average molecular weight is 433 g/mol. The molecule has 0 saturated carbocycles. The Balaban J connectivity index is 1.76. The molecule has 3 aromatic rings. The van der Waals surface area contributed by atoms with Crippen molar-refractivity contribution in [3.8, 4) is 11.3 Å². The van der Waals surface area contributed by atoms with Gasteiger partial charge in [0.15, 0.2) is 0 Å². The van der Waals surface area contributed by atoms with Crippen LogP contribution in [0.15, 0.2) is 60.7 Å². The molecule has 2 aromatic carbocycles. The van der Waals surface area contributed by atoms with Crippen molar-refractivity contribution < 1.29 is 14.3 Å². The van der Waals surface area contributed by atoms with Crippen LogP contribution in [0.5, 0.6) is 0 Å². The fraction of sp³-hybridized carbons (Fsp3) is 0.320. The van der Waals surface area contributed by atoms with Crippen LogP contribution in [-0.2, 0) is 16.1 Å². The highest BCUT2D eigenvalue weighted by atomic mass is 16.5. The van der Waals surface area contributed by atoms with Crippen molar-refractivity contribution in [2.45, 2.75) is 32.4 Å². The van der Waals surface area contributed by atoms with Crippen molar-refractivity contribution in [3.63, 3.8) is 0 Å². The Labute approximate surface area is 188 Å². The number of anilines is 1. The number of methoxy groups -OCH3 is 1. The topological polar surface area (TPSA) is 76.5 Å². The predicted octanol–water partition coefficient (Wildman–Crippen LogP) is 3.43. The van der Waals surface area contributed by atoms with Crippen LogP contribution in [-0.4, -0.2) is 47.4 Å². The number of amides is 2. The van der Waals surface area contributed by atoms with Gasteiger partial charge in [0.25, 0.3) is 5.91 Å². The summed E-state index contributed by atoms with van der Waals surface area (Å²) in [6.07, 6.45) is 0.696. The zero-order chi connectivity index (χ0) is 22.7. The SMILES string of the molecule is COCCCNC(=O)[C@@]1(C)Cn2nc(-c3ccccc3)cc2C(=O)N1c1ccccc1C. The second-order valence-electron chi connectivity index (χ2n) is 8.24. The van der Waals surface area contributed by atoms with Crippen molar-refractivity contribution in [1.29, 1.82) is 0 Å². The van der Waals surface area contributed by atoms with E-state index in [4.69, 9.17) is 4.74 Å². The first kappa shape index (κ1) is 21.8. The standard InChI is InChI=1S/C25H28N4O3/c1-18-10-7-8-13-21(18)29-23(30)22-16-20(19-11-5-4-6-12-19)27-28(22)17-25(29,2)24(31)26-14-9-15-32-3/h4-8,10-13,16H,9,14-15,17H2,1-3H3,(H,26,31)/t25-/m1/s1. The third kappa shape index (κ3) is 3.91. The molecule has 0 bridgehead atoms. The second-order valence-corrected chi connectivity index (χ2v) is 8.24. The minimum absolute atomic E-state index is 0.215. The molecule has 0 fully saturated rings. The Hall–Kier alpha value is -3.45. The molecule has 1 aliphatic heterocycles. The van der Waals surface area contributed by atoms with E-state index >= 15 is 0 Å². The summed E-state index contributed by atoms with van der Waals surface area (Å²) in [6.45, 7) is 5.03. The number of benzene rings is 2. The van der Waals surface area contributed by atoms with E-state index in [9.17, 15) is 9.59 Å². The van der Waals surface area contributed by atoms with Crippen molar-refractivity contribution in [2.75, 3.05) is 25.2 Å². The Bertz CT molecular complexity index is 1130. The summed E-state index contributed by atoms with van der Waals surface area (Å²) >= 11 is 0. The number of fused-ring (bicyclic) bond motifs is 1. The Morgan fingerprint density at radius 2 is 1.88 bits per heavy atom. The normalized spacial score (nSPS) is 17.8. The number of aryl methyl sites for hydroxylation is 1. The number of nitrogens with zero attached hydrogens (tertiary/aromatic N) is 3. The van der Waals surface area contributed by atoms with Gasteiger partial charge in [-0.1, -0.05) is 48.5 Å². The zero-order valence-corrected chi connectivity index (χ0v) is 18.7. The molecule has 2 heterocycles. The van der Waals surface area contributed by atoms with E-state index < -0.39 is 5.54 Å². The number of carbonyl (C=O) groups excluding carboxylic acids is 2. The zero-order valence-electron chi connectivity index (χ0n) is 18.7. The molecule has 0 aliphatic carbocycles. The van der Waals surface area contributed by atoms with Crippen molar-refractivity contribution in [1.82, 2.24) is 15.1 Å². The molecule has 32 heavy (non-hydrogen) atoms. The van der Waals surface area contributed by atoms with Crippen molar-refractivity contribution in [2.24, 2.45) is 0 Å². The summed E-state index contributed by atoms with van der Waals surface area (Å²) in [4.78, 5) is 28.8. The van der Waals surface area contributed by atoms with E-state index in [1.807, 2.05) is 61.5 Å². The number of nitrogens with one attached hydrogen (secondary N) is 1. The number of para-hydroxylation sites is 1. The first-order valence-corrected chi connectivity index (χ1v) is 10.8. The summed E-state index contributed by atoms with van der Waals surface area (Å²) in [5, 5.41) is 7.66. The molecule has 0 unspecified atom stereocenters. The van der Waals surface area contributed by atoms with Crippen LogP contribution in [0.4, 0.5) is 5.69 Å². The van der Waals surface area contributed by atoms with Crippen LogP contribution in [0.2, 0.25) is 0 Å². The van der Waals surface area contributed by atoms with Crippen LogP contribution in [0.25, 0.3) is 11.3 Å². The lowest BCUT2D eigenvalue weighted by Gasteiger charge is -2.43. The monoisotopic (exact) mass is 432 g/mol. The number of ether oxygens (including phenoxy) is 1. The van der Waals surface area contributed by atoms with Gasteiger partial charge in [0, 0.05) is 31.5 Å². The molecule has 1 N–H and O–H groups in total. The number of aromatic nitrogens is 2. The quantitative estimate of drug-likeness (QED) is 0.581. The third-order valence-electron chi connectivity index (χ3n) is 5.88. The van der Waals surface area contributed by atoms with E-state index in [1.54, 1.807) is 29.7 Å². The fourth-order valence-corrected chi connectivity index (χ4v) is 4.13. The van der Waals surface area contributed by atoms with Gasteiger partial charge < -0.3 is 10.1 Å². The van der Waals surface area contributed by atoms with E-state index in [1.165, 1.54) is 0 Å². The molecule has 2 amide bonds. The minimum atomic E-state index is -1.14. The summed E-state index contributed by atoms with van der Waals surface area (Å²) in [5.41, 5.74) is 2.62. The molecule has 166 valence electrons. The van der Waals surface area contributed by atoms with E-state index in [0.29, 0.717) is 31.0 Å². The summed E-state index contributed by atoms with van der Waals surface area (Å²) in [7, 11) is 1.63. The Kier molecular flexibility index (Phi) is 6.10. The van der Waals surface area contributed by atoms with Gasteiger partial charge in [0.2, 0.25) is 5.91 Å². The highest BCUT2D eigenvalue weighted by molar-refractivity contribution is 6.12. The maximum absolute atomic E-state index is 13.8. The highest BCUT2D eigenvalue weighted by Crippen LogP contribution is 2.35. The molecule has 7 nitrogen and oxygen atoms in total. The van der Waals surface area contributed by atoms with E-state index in [-0.39, 0.29) is 18.4 Å². The maximum Gasteiger partial charge on any atom is 0.277 e. The summed E-state index contributed by atoms with van der Waals surface area (Å²) in [6, 6.07) is 19.2. The molecule has 1 aliphatic rings. The lowest BCUT2D eigenvalue weighted by molar-refractivity contribution is -0.126. The number of carbonyl (C=O) groups is 2. The van der Waals surface area contributed by atoms with Gasteiger partial charge in [-0.15, -0.1) is 0 Å². The van der Waals surface area contributed by atoms with E-state index in [2.05, 4.69) is 10.4 Å². The van der Waals surface area contributed by atoms with Gasteiger partial charge in [-0.05, 0) is 38.0 Å². The third-order valence-corrected chi connectivity index (χ3v) is 5.88. The molecule has 7 heteroatoms. The highest BCUT2D eigenvalue weighted by Gasteiger charge is 2.49. The van der Waals surface area contributed by atoms with Gasteiger partial charge in [-0.25, -0.2) is 0 Å². The molecule has 0 saturated heterocycles. The molecule has 0 radical (unpaired) electrons. The van der Waals surface area contributed by atoms with Gasteiger partial charge >= 0.3 is 0 Å². The smallest absolute Gasteiger partial charge is 0.277 e. The predicted molar refractivity (Wildman–Crippen MR) is 124 cm³/mol. The van der Waals surface area contributed by atoms with Crippen LogP contribution in [0, 0.1) is 6.92 Å². The summed E-state index contributed by atoms with van der Waals surface area (Å²) in [5.74, 6) is -0.456. The first-order valence-electron chi connectivity index (χ1n) is 10.8. The maximum atomic E-state index is 13.8. The van der Waals surface area contributed by atoms with Crippen molar-refractivity contribution in [3.05, 3.63) is 71.9 Å². The van der Waals surface area contributed by atoms with Gasteiger partial charge in [-0.2, -0.15) is 5.10 Å². The van der Waals surface area contributed by atoms with Gasteiger partial charge in [-0.3, -0.25) is 19.2 Å². The van der Waals surface area contributed by atoms with Gasteiger partial charge in [0.1, 0.15) is 11.2 Å². The van der Waals surface area contributed by atoms with Gasteiger partial charge in [0.05, 0.1) is 12.2 Å². The first-order chi connectivity index (χ1) is 15.5. The van der Waals surface area contributed by atoms with Crippen LogP contribution < -0.4 is 10.2 Å². The summed E-state index contributed by atoms with van der Waals surface area (Å²) < 4.78 is 6.74. The molecule has 0 spiro atoms. The molecule has 1 atom stereocenters. The number of hydrogen-bond acceptors (Lipinski definition) is 4. The average Bonchev–Trinajstić information content (AvgIpc) is 3.22. The number of hydrogen-bond donors (Lipinski definition) is 1. The second kappa shape index (κ2) is 8.96. The molecule has 1 aromatic heterocycles. The fourth-order valence-electron chi connectivity index (χ4n) is 4.13. The lowest BCUT2D eigenvalue weighted by Crippen LogP contribution is -2.64.